The fourth-order valence-electron chi connectivity index (χ4n) is 4.99. The number of fused-ring (bicyclic) bond motifs is 3. The van der Waals surface area contributed by atoms with Crippen LogP contribution in [0.15, 0.2) is 60.7 Å². The van der Waals surface area contributed by atoms with Gasteiger partial charge in [-0.05, 0) is 89.0 Å². The van der Waals surface area contributed by atoms with E-state index in [0.717, 1.165) is 25.7 Å². The first-order valence-electron chi connectivity index (χ1n) is 11.5. The molecule has 0 bridgehead atoms. The Morgan fingerprint density at radius 2 is 1.48 bits per heavy atom. The predicted molar refractivity (Wildman–Crippen MR) is 126 cm³/mol. The molecular formula is C29H34. The van der Waals surface area contributed by atoms with E-state index in [2.05, 4.69) is 81.4 Å². The number of hydrogen-bond acceptors (Lipinski definition) is 0. The molecule has 0 heteroatoms. The lowest BCUT2D eigenvalue weighted by Crippen LogP contribution is -2.07. The van der Waals surface area contributed by atoms with E-state index in [1.807, 2.05) is 0 Å². The largest absolute Gasteiger partial charge is 0.0654 e. The lowest BCUT2D eigenvalue weighted by molar-refractivity contribution is 0.685. The molecule has 0 radical (unpaired) electrons. The van der Waals surface area contributed by atoms with Crippen LogP contribution in [-0.4, -0.2) is 0 Å². The summed E-state index contributed by atoms with van der Waals surface area (Å²) in [5.74, 6) is 0.551. The molecule has 1 atom stereocenters. The Morgan fingerprint density at radius 1 is 0.724 bits per heavy atom. The van der Waals surface area contributed by atoms with Gasteiger partial charge < -0.3 is 0 Å². The number of hydrogen-bond donors (Lipinski definition) is 0. The van der Waals surface area contributed by atoms with Crippen molar-refractivity contribution >= 4 is 0 Å². The third-order valence-corrected chi connectivity index (χ3v) is 6.69. The summed E-state index contributed by atoms with van der Waals surface area (Å²) in [5, 5.41) is 0. The Balaban J connectivity index is 1.77. The van der Waals surface area contributed by atoms with E-state index in [0.29, 0.717) is 5.92 Å². The van der Waals surface area contributed by atoms with Gasteiger partial charge in [0, 0.05) is 0 Å². The molecule has 0 nitrogen and oxygen atoms in total. The highest BCUT2D eigenvalue weighted by Crippen LogP contribution is 2.39. The minimum atomic E-state index is 0.551. The zero-order valence-corrected chi connectivity index (χ0v) is 18.3. The van der Waals surface area contributed by atoms with Gasteiger partial charge in [0.05, 0.1) is 0 Å². The SMILES string of the molecule is CCCCc1ccc2c(c1)CC(c1ccc(CC)c(CC)c1)Cc1ccccc1-2. The van der Waals surface area contributed by atoms with Crippen molar-refractivity contribution in [1.82, 2.24) is 0 Å². The fourth-order valence-corrected chi connectivity index (χ4v) is 4.99. The van der Waals surface area contributed by atoms with Crippen molar-refractivity contribution in [3.05, 3.63) is 94.0 Å². The Labute approximate surface area is 177 Å². The summed E-state index contributed by atoms with van der Waals surface area (Å²) in [6.07, 6.45) is 8.24. The quantitative estimate of drug-likeness (QED) is 0.409. The van der Waals surface area contributed by atoms with Gasteiger partial charge in [-0.2, -0.15) is 0 Å². The van der Waals surface area contributed by atoms with Crippen LogP contribution in [0.25, 0.3) is 11.1 Å². The van der Waals surface area contributed by atoms with Gasteiger partial charge in [-0.3, -0.25) is 0 Å². The summed E-state index contributed by atoms with van der Waals surface area (Å²) in [4.78, 5) is 0. The number of rotatable bonds is 6. The van der Waals surface area contributed by atoms with E-state index < -0.39 is 0 Å². The summed E-state index contributed by atoms with van der Waals surface area (Å²) in [7, 11) is 0. The van der Waals surface area contributed by atoms with Crippen LogP contribution in [0, 0.1) is 0 Å². The summed E-state index contributed by atoms with van der Waals surface area (Å²) >= 11 is 0. The smallest absolute Gasteiger partial charge is 0.00805 e. The fraction of sp³-hybridized carbons (Fsp3) is 0.379. The Kier molecular flexibility index (Phi) is 6.19. The highest BCUT2D eigenvalue weighted by Gasteiger charge is 2.23. The van der Waals surface area contributed by atoms with E-state index in [1.165, 1.54) is 63.8 Å². The predicted octanol–water partition coefficient (Wildman–Crippen LogP) is 7.70. The van der Waals surface area contributed by atoms with E-state index in [9.17, 15) is 0 Å². The zero-order valence-electron chi connectivity index (χ0n) is 18.3. The van der Waals surface area contributed by atoms with E-state index in [-0.39, 0.29) is 0 Å². The highest BCUT2D eigenvalue weighted by molar-refractivity contribution is 5.72. The Morgan fingerprint density at radius 3 is 2.28 bits per heavy atom. The van der Waals surface area contributed by atoms with Gasteiger partial charge in [-0.15, -0.1) is 0 Å². The van der Waals surface area contributed by atoms with Gasteiger partial charge in [0.15, 0.2) is 0 Å². The molecule has 1 aliphatic carbocycles. The van der Waals surface area contributed by atoms with E-state index in [1.54, 1.807) is 0 Å². The molecule has 1 unspecified atom stereocenters. The number of unbranched alkanes of at least 4 members (excludes halogenated alkanes) is 1. The van der Waals surface area contributed by atoms with Crippen LogP contribution >= 0.6 is 0 Å². The molecular weight excluding hydrogens is 348 g/mol. The molecule has 0 spiro atoms. The maximum absolute atomic E-state index is 2.50. The van der Waals surface area contributed by atoms with Crippen LogP contribution in [0.2, 0.25) is 0 Å². The molecule has 0 saturated carbocycles. The molecule has 29 heavy (non-hydrogen) atoms. The van der Waals surface area contributed by atoms with Crippen molar-refractivity contribution < 1.29 is 0 Å². The van der Waals surface area contributed by atoms with Crippen LogP contribution in [-0.2, 0) is 32.1 Å². The lowest BCUT2D eigenvalue weighted by Gasteiger charge is -2.19. The summed E-state index contributed by atoms with van der Waals surface area (Å²) in [6.45, 7) is 6.83. The van der Waals surface area contributed by atoms with Crippen molar-refractivity contribution in [2.75, 3.05) is 0 Å². The molecule has 0 aromatic heterocycles. The van der Waals surface area contributed by atoms with E-state index in [4.69, 9.17) is 0 Å². The molecule has 0 N–H and O–H groups in total. The molecule has 0 aliphatic heterocycles. The van der Waals surface area contributed by atoms with Gasteiger partial charge in [-0.25, -0.2) is 0 Å². The second-order valence-corrected chi connectivity index (χ2v) is 8.59. The first-order valence-corrected chi connectivity index (χ1v) is 11.5. The normalized spacial score (nSPS) is 15.5. The van der Waals surface area contributed by atoms with Crippen molar-refractivity contribution in [3.8, 4) is 11.1 Å². The average Bonchev–Trinajstić information content (AvgIpc) is 2.93. The zero-order chi connectivity index (χ0) is 20.2. The number of aryl methyl sites for hydroxylation is 3. The third kappa shape index (κ3) is 4.17. The van der Waals surface area contributed by atoms with Crippen LogP contribution in [0.3, 0.4) is 0 Å². The maximum Gasteiger partial charge on any atom is -0.00805 e. The van der Waals surface area contributed by atoms with Gasteiger partial charge in [0.25, 0.3) is 0 Å². The van der Waals surface area contributed by atoms with Crippen molar-refractivity contribution in [3.63, 3.8) is 0 Å². The Bertz CT molecular complexity index is 979. The first-order chi connectivity index (χ1) is 14.2. The molecule has 0 fully saturated rings. The molecule has 0 saturated heterocycles. The maximum atomic E-state index is 2.50. The van der Waals surface area contributed by atoms with Gasteiger partial charge >= 0.3 is 0 Å². The van der Waals surface area contributed by atoms with E-state index >= 15 is 0 Å². The van der Waals surface area contributed by atoms with Crippen molar-refractivity contribution in [1.29, 1.82) is 0 Å². The van der Waals surface area contributed by atoms with Gasteiger partial charge in [0.2, 0.25) is 0 Å². The summed E-state index contributed by atoms with van der Waals surface area (Å²) in [6, 6.07) is 23.6. The second-order valence-electron chi connectivity index (χ2n) is 8.59. The summed E-state index contributed by atoms with van der Waals surface area (Å²) < 4.78 is 0. The first kappa shape index (κ1) is 20.0. The van der Waals surface area contributed by atoms with Crippen molar-refractivity contribution in [2.24, 2.45) is 0 Å². The Hall–Kier alpha value is -2.34. The molecule has 0 amide bonds. The molecule has 150 valence electrons. The average molecular weight is 383 g/mol. The van der Waals surface area contributed by atoms with Crippen LogP contribution in [0.1, 0.15) is 72.9 Å². The monoisotopic (exact) mass is 382 g/mol. The topological polar surface area (TPSA) is 0 Å². The molecule has 0 heterocycles. The molecule has 1 aliphatic rings. The lowest BCUT2D eigenvalue weighted by atomic mass is 9.86. The minimum Gasteiger partial charge on any atom is -0.0654 e. The molecule has 4 rings (SSSR count). The van der Waals surface area contributed by atoms with Crippen molar-refractivity contribution in [2.45, 2.75) is 71.6 Å². The third-order valence-electron chi connectivity index (χ3n) is 6.69. The van der Waals surface area contributed by atoms with Crippen LogP contribution < -0.4 is 0 Å². The highest BCUT2D eigenvalue weighted by atomic mass is 14.3. The molecule has 3 aromatic rings. The van der Waals surface area contributed by atoms with Gasteiger partial charge in [0.1, 0.15) is 0 Å². The standard InChI is InChI=1S/C29H34/c1-4-7-10-21-13-16-29-27(17-21)20-26(19-25-11-8-9-12-28(25)29)24-15-14-22(5-2)23(6-3)18-24/h8-9,11-18,26H,4-7,10,19-20H2,1-3H3. The summed E-state index contributed by atoms with van der Waals surface area (Å²) in [5.41, 5.74) is 12.0. The molecule has 3 aromatic carbocycles. The number of benzene rings is 3. The minimum absolute atomic E-state index is 0.551. The van der Waals surface area contributed by atoms with Crippen LogP contribution in [0.5, 0.6) is 0 Å². The van der Waals surface area contributed by atoms with Gasteiger partial charge in [-0.1, -0.05) is 87.9 Å². The second kappa shape index (κ2) is 8.99. The van der Waals surface area contributed by atoms with Crippen LogP contribution in [0.4, 0.5) is 0 Å².